The third-order valence-electron chi connectivity index (χ3n) is 4.16. The van der Waals surface area contributed by atoms with Crippen molar-refractivity contribution < 1.29 is 9.59 Å². The summed E-state index contributed by atoms with van der Waals surface area (Å²) in [6.45, 7) is 14.8. The molecule has 166 valence electrons. The van der Waals surface area contributed by atoms with Crippen LogP contribution in [-0.2, 0) is 0 Å². The molecule has 0 bridgehead atoms. The van der Waals surface area contributed by atoms with Crippen LogP contribution < -0.4 is 10.6 Å². The lowest BCUT2D eigenvalue weighted by Crippen LogP contribution is -2.40. The summed E-state index contributed by atoms with van der Waals surface area (Å²) in [5.74, 6) is -0.0951. The molecule has 7 heteroatoms. The molecule has 0 spiro atoms. The van der Waals surface area contributed by atoms with Gasteiger partial charge in [0.1, 0.15) is 11.0 Å². The average molecular weight is 424 g/mol. The predicted octanol–water partition coefficient (Wildman–Crippen LogP) is 4.26. The van der Waals surface area contributed by atoms with Crippen LogP contribution in [0.25, 0.3) is 11.0 Å². The molecule has 0 aliphatic heterocycles. The Morgan fingerprint density at radius 3 is 2.00 bits per heavy atom. The van der Waals surface area contributed by atoms with Gasteiger partial charge in [0.15, 0.2) is 0 Å². The van der Waals surface area contributed by atoms with E-state index in [9.17, 15) is 9.59 Å². The second-order valence-electron chi connectivity index (χ2n) is 9.84. The summed E-state index contributed by atoms with van der Waals surface area (Å²) in [4.78, 5) is 23.5. The summed E-state index contributed by atoms with van der Waals surface area (Å²) in [6, 6.07) is 12.8. The number of fused-ring (bicyclic) bond motifs is 1. The Kier molecular flexibility index (Phi) is 7.55. The van der Waals surface area contributed by atoms with E-state index in [0.717, 1.165) is 11.1 Å². The van der Waals surface area contributed by atoms with Crippen LogP contribution in [0.15, 0.2) is 42.5 Å². The highest BCUT2D eigenvalue weighted by molar-refractivity contribution is 5.97. The highest BCUT2D eigenvalue weighted by Crippen LogP contribution is 2.12. The molecule has 0 saturated carbocycles. The molecule has 0 atom stereocenters. The van der Waals surface area contributed by atoms with Crippen LogP contribution >= 0.6 is 0 Å². The van der Waals surface area contributed by atoms with Crippen molar-refractivity contribution in [3.8, 4) is 0 Å². The molecular formula is C24H33N5O2. The van der Waals surface area contributed by atoms with Crippen molar-refractivity contribution in [1.82, 2.24) is 26.0 Å². The Morgan fingerprint density at radius 2 is 1.42 bits per heavy atom. The summed E-state index contributed by atoms with van der Waals surface area (Å²) in [6.07, 6.45) is 0. The summed E-state index contributed by atoms with van der Waals surface area (Å²) in [5.41, 5.74) is 3.83. The molecule has 1 heterocycles. The lowest BCUT2D eigenvalue weighted by atomic mass is 9.97. The minimum Gasteiger partial charge on any atom is -0.352 e. The number of amides is 2. The van der Waals surface area contributed by atoms with E-state index in [1.807, 2.05) is 52.0 Å². The fourth-order valence-electron chi connectivity index (χ4n) is 2.55. The first-order valence-electron chi connectivity index (χ1n) is 10.3. The molecule has 3 N–H and O–H groups in total. The minimum absolute atomic E-state index is 0.00456. The number of hydrogen-bond donors (Lipinski definition) is 3. The van der Waals surface area contributed by atoms with Crippen LogP contribution in [0, 0.1) is 12.3 Å². The molecule has 1 aromatic heterocycles. The number of H-pyrrole nitrogens is 1. The first kappa shape index (κ1) is 24.1. The minimum atomic E-state index is -0.240. The number of aromatic nitrogens is 3. The van der Waals surface area contributed by atoms with Gasteiger partial charge in [-0.15, -0.1) is 0 Å². The maximum absolute atomic E-state index is 11.9. The summed E-state index contributed by atoms with van der Waals surface area (Å²) in [7, 11) is 0. The number of nitrogens with zero attached hydrogens (tertiary/aromatic N) is 2. The first-order valence-corrected chi connectivity index (χ1v) is 10.3. The average Bonchev–Trinajstić information content (AvgIpc) is 3.13. The smallest absolute Gasteiger partial charge is 0.251 e. The molecule has 7 nitrogen and oxygen atoms in total. The molecule has 2 aromatic carbocycles. The van der Waals surface area contributed by atoms with Crippen molar-refractivity contribution in [2.45, 2.75) is 54.0 Å². The Bertz CT molecular complexity index is 1020. The number of nitrogens with one attached hydrogen (secondary N) is 3. The molecule has 31 heavy (non-hydrogen) atoms. The third-order valence-corrected chi connectivity index (χ3v) is 4.16. The van der Waals surface area contributed by atoms with Gasteiger partial charge in [-0.3, -0.25) is 9.59 Å². The van der Waals surface area contributed by atoms with E-state index in [1.54, 1.807) is 18.2 Å². The number of carbonyl (C=O) groups excluding carboxylic acids is 2. The Labute approximate surface area is 184 Å². The lowest BCUT2D eigenvalue weighted by molar-refractivity contribution is 0.0916. The number of carbonyl (C=O) groups is 2. The van der Waals surface area contributed by atoms with Gasteiger partial charge in [0.05, 0.1) is 0 Å². The number of hydrogen-bond acceptors (Lipinski definition) is 4. The summed E-state index contributed by atoms with van der Waals surface area (Å²) in [5, 5.41) is 16.2. The monoisotopic (exact) mass is 423 g/mol. The summed E-state index contributed by atoms with van der Waals surface area (Å²) >= 11 is 0. The zero-order valence-electron chi connectivity index (χ0n) is 19.5. The van der Waals surface area contributed by atoms with E-state index in [2.05, 4.69) is 46.8 Å². The molecule has 3 rings (SSSR count). The van der Waals surface area contributed by atoms with Gasteiger partial charge in [0.2, 0.25) is 0 Å². The second kappa shape index (κ2) is 9.73. The van der Waals surface area contributed by atoms with Gasteiger partial charge in [0.25, 0.3) is 11.8 Å². The molecule has 0 unspecified atom stereocenters. The standard InChI is InChI=1S/C13H19NO.C11H14N4O/c1-10-5-7-11(8-6-10)12(15)14-9-13(2,3)4;1-11(2,3)12-10(16)7-4-5-8-9(6-7)14-15-13-8/h5-8H,9H2,1-4H3,(H,14,15);4-6H,1-3H3,(H,12,16)(H,13,14,15). The molecular weight excluding hydrogens is 390 g/mol. The summed E-state index contributed by atoms with van der Waals surface area (Å²) < 4.78 is 0. The largest absolute Gasteiger partial charge is 0.352 e. The van der Waals surface area contributed by atoms with Gasteiger partial charge in [-0.25, -0.2) is 0 Å². The highest BCUT2D eigenvalue weighted by Gasteiger charge is 2.16. The van der Waals surface area contributed by atoms with Crippen molar-refractivity contribution in [3.63, 3.8) is 0 Å². The van der Waals surface area contributed by atoms with Crippen molar-refractivity contribution in [2.75, 3.05) is 6.54 Å². The van der Waals surface area contributed by atoms with Gasteiger partial charge in [-0.1, -0.05) is 38.5 Å². The van der Waals surface area contributed by atoms with E-state index in [4.69, 9.17) is 0 Å². The SMILES string of the molecule is CC(C)(C)NC(=O)c1ccc2n[nH]nc2c1.Cc1ccc(C(=O)NCC(C)(C)C)cc1. The van der Waals surface area contributed by atoms with Crippen molar-refractivity contribution in [1.29, 1.82) is 0 Å². The molecule has 0 radical (unpaired) electrons. The predicted molar refractivity (Wildman–Crippen MR) is 124 cm³/mol. The number of rotatable bonds is 3. The van der Waals surface area contributed by atoms with E-state index in [0.29, 0.717) is 17.6 Å². The van der Waals surface area contributed by atoms with Gasteiger partial charge < -0.3 is 10.6 Å². The van der Waals surface area contributed by atoms with Crippen molar-refractivity contribution in [3.05, 3.63) is 59.2 Å². The van der Waals surface area contributed by atoms with Crippen LogP contribution in [-0.4, -0.2) is 39.3 Å². The van der Waals surface area contributed by atoms with Crippen molar-refractivity contribution in [2.24, 2.45) is 5.41 Å². The third kappa shape index (κ3) is 8.20. The molecule has 3 aromatic rings. The van der Waals surface area contributed by atoms with E-state index in [-0.39, 0.29) is 22.8 Å². The van der Waals surface area contributed by atoms with Crippen LogP contribution in [0.4, 0.5) is 0 Å². The van der Waals surface area contributed by atoms with E-state index >= 15 is 0 Å². The quantitative estimate of drug-likeness (QED) is 0.586. The van der Waals surface area contributed by atoms with E-state index < -0.39 is 0 Å². The van der Waals surface area contributed by atoms with Crippen molar-refractivity contribution >= 4 is 22.8 Å². The van der Waals surface area contributed by atoms with Crippen LogP contribution in [0.5, 0.6) is 0 Å². The zero-order valence-corrected chi connectivity index (χ0v) is 19.5. The normalized spacial score (nSPS) is 11.5. The molecule has 2 amide bonds. The maximum atomic E-state index is 11.9. The second-order valence-corrected chi connectivity index (χ2v) is 9.84. The molecule has 0 saturated heterocycles. The van der Waals surface area contributed by atoms with Gasteiger partial charge >= 0.3 is 0 Å². The van der Waals surface area contributed by atoms with Gasteiger partial charge in [-0.2, -0.15) is 15.4 Å². The van der Waals surface area contributed by atoms with Crippen LogP contribution in [0.3, 0.4) is 0 Å². The van der Waals surface area contributed by atoms with Gasteiger partial charge in [0, 0.05) is 23.2 Å². The van der Waals surface area contributed by atoms with Crippen LogP contribution in [0.1, 0.15) is 67.8 Å². The zero-order chi connectivity index (χ0) is 23.2. The fraction of sp³-hybridized carbons (Fsp3) is 0.417. The molecule has 0 aliphatic rings. The van der Waals surface area contributed by atoms with E-state index in [1.165, 1.54) is 5.56 Å². The van der Waals surface area contributed by atoms with Gasteiger partial charge in [-0.05, 0) is 63.4 Å². The highest BCUT2D eigenvalue weighted by atomic mass is 16.2. The Hall–Kier alpha value is -3.22. The number of aryl methyl sites for hydroxylation is 1. The number of benzene rings is 2. The Morgan fingerprint density at radius 1 is 0.839 bits per heavy atom. The maximum Gasteiger partial charge on any atom is 0.251 e. The number of aromatic amines is 1. The fourth-order valence-corrected chi connectivity index (χ4v) is 2.55. The topological polar surface area (TPSA) is 99.8 Å². The molecule has 0 aliphatic carbocycles. The first-order chi connectivity index (χ1) is 14.3. The van der Waals surface area contributed by atoms with Crippen LogP contribution in [0.2, 0.25) is 0 Å². The molecule has 0 fully saturated rings. The lowest BCUT2D eigenvalue weighted by Gasteiger charge is -2.20. The Balaban J connectivity index is 0.000000221.